The molecule has 1 heterocycles. The van der Waals surface area contributed by atoms with Crippen molar-refractivity contribution in [1.82, 2.24) is 15.1 Å². The SMILES string of the molecule is CNC(=O)n1nc(Oc2ccc(C(F)(F)F)cc2N=O)c(C)c1C. The van der Waals surface area contributed by atoms with Gasteiger partial charge < -0.3 is 10.1 Å². The van der Waals surface area contributed by atoms with E-state index in [2.05, 4.69) is 15.6 Å². The van der Waals surface area contributed by atoms with E-state index < -0.39 is 23.5 Å². The number of nitrogens with zero attached hydrogens (tertiary/aromatic N) is 3. The second-order valence-electron chi connectivity index (χ2n) is 4.86. The molecule has 1 aromatic heterocycles. The Labute approximate surface area is 134 Å². The van der Waals surface area contributed by atoms with Gasteiger partial charge in [-0.25, -0.2) is 4.79 Å². The number of aromatic nitrogens is 2. The normalized spacial score (nSPS) is 11.2. The third-order valence-electron chi connectivity index (χ3n) is 3.37. The molecule has 0 aliphatic rings. The van der Waals surface area contributed by atoms with E-state index in [-0.39, 0.29) is 11.6 Å². The first-order valence-corrected chi connectivity index (χ1v) is 6.69. The Balaban J connectivity index is 2.42. The Morgan fingerprint density at radius 2 is 2.00 bits per heavy atom. The van der Waals surface area contributed by atoms with Crippen LogP contribution in [0, 0.1) is 18.8 Å². The van der Waals surface area contributed by atoms with Gasteiger partial charge in [-0.05, 0) is 37.2 Å². The molecule has 2 rings (SSSR count). The molecule has 0 atom stereocenters. The fourth-order valence-corrected chi connectivity index (χ4v) is 1.91. The zero-order chi connectivity index (χ0) is 18.1. The lowest BCUT2D eigenvalue weighted by molar-refractivity contribution is -0.137. The van der Waals surface area contributed by atoms with Crippen LogP contribution in [0.25, 0.3) is 0 Å². The van der Waals surface area contributed by atoms with Crippen molar-refractivity contribution < 1.29 is 22.7 Å². The maximum Gasteiger partial charge on any atom is 0.416 e. The first-order chi connectivity index (χ1) is 11.2. The van der Waals surface area contributed by atoms with Crippen molar-refractivity contribution in [2.45, 2.75) is 20.0 Å². The Morgan fingerprint density at radius 3 is 2.54 bits per heavy atom. The molecule has 10 heteroatoms. The summed E-state index contributed by atoms with van der Waals surface area (Å²) in [6, 6.07) is 1.82. The van der Waals surface area contributed by atoms with E-state index in [4.69, 9.17) is 4.74 Å². The molecule has 0 saturated carbocycles. The Morgan fingerprint density at radius 1 is 1.33 bits per heavy atom. The third-order valence-corrected chi connectivity index (χ3v) is 3.37. The van der Waals surface area contributed by atoms with Crippen LogP contribution in [0.5, 0.6) is 11.6 Å². The number of nitrogens with one attached hydrogen (secondary N) is 1. The standard InChI is InChI=1S/C14H13F3N4O3/c1-7-8(2)21(13(22)18-3)19-12(7)24-11-5-4-9(14(15,16)17)6-10(11)20-23/h4-6H,1-3H3,(H,18,22). The molecule has 1 aromatic carbocycles. The van der Waals surface area contributed by atoms with E-state index >= 15 is 0 Å². The maximum atomic E-state index is 12.7. The molecule has 24 heavy (non-hydrogen) atoms. The number of benzene rings is 1. The summed E-state index contributed by atoms with van der Waals surface area (Å²) in [4.78, 5) is 22.5. The van der Waals surface area contributed by atoms with Gasteiger partial charge in [0.2, 0.25) is 5.88 Å². The van der Waals surface area contributed by atoms with E-state index in [1.807, 2.05) is 0 Å². The largest absolute Gasteiger partial charge is 0.435 e. The third kappa shape index (κ3) is 3.21. The predicted molar refractivity (Wildman–Crippen MR) is 78.5 cm³/mol. The fourth-order valence-electron chi connectivity index (χ4n) is 1.91. The number of hydrogen-bond acceptors (Lipinski definition) is 5. The number of ether oxygens (including phenoxy) is 1. The summed E-state index contributed by atoms with van der Waals surface area (Å²) < 4.78 is 44.4. The molecule has 0 bridgehead atoms. The Kier molecular flexibility index (Phi) is 4.58. The number of carbonyl (C=O) groups excluding carboxylic acids is 1. The molecular formula is C14H13F3N4O3. The lowest BCUT2D eigenvalue weighted by Crippen LogP contribution is -2.26. The molecule has 0 spiro atoms. The van der Waals surface area contributed by atoms with E-state index in [0.29, 0.717) is 17.3 Å². The van der Waals surface area contributed by atoms with Gasteiger partial charge >= 0.3 is 12.2 Å². The number of alkyl halides is 3. The number of nitroso groups, excluding NO2 is 1. The molecule has 128 valence electrons. The lowest BCUT2D eigenvalue weighted by Gasteiger charge is -2.09. The second kappa shape index (κ2) is 6.30. The van der Waals surface area contributed by atoms with Crippen molar-refractivity contribution in [2.75, 3.05) is 7.05 Å². The van der Waals surface area contributed by atoms with E-state index in [9.17, 15) is 22.9 Å². The summed E-state index contributed by atoms with van der Waals surface area (Å²) >= 11 is 0. The fraction of sp³-hybridized carbons (Fsp3) is 0.286. The highest BCUT2D eigenvalue weighted by Gasteiger charge is 2.31. The molecule has 0 unspecified atom stereocenters. The van der Waals surface area contributed by atoms with Gasteiger partial charge in [-0.15, -0.1) is 10.0 Å². The van der Waals surface area contributed by atoms with Crippen molar-refractivity contribution in [3.05, 3.63) is 39.9 Å². The van der Waals surface area contributed by atoms with Crippen LogP contribution >= 0.6 is 0 Å². The highest BCUT2D eigenvalue weighted by atomic mass is 19.4. The first kappa shape index (κ1) is 17.4. The van der Waals surface area contributed by atoms with Crippen molar-refractivity contribution in [2.24, 2.45) is 5.18 Å². The summed E-state index contributed by atoms with van der Waals surface area (Å²) in [5.41, 5.74) is -0.558. The van der Waals surface area contributed by atoms with Crippen LogP contribution in [0.15, 0.2) is 23.4 Å². The number of halogens is 3. The second-order valence-corrected chi connectivity index (χ2v) is 4.86. The van der Waals surface area contributed by atoms with Crippen LogP contribution in [-0.4, -0.2) is 22.9 Å². The summed E-state index contributed by atoms with van der Waals surface area (Å²) in [7, 11) is 1.42. The molecule has 1 amide bonds. The van der Waals surface area contributed by atoms with Crippen molar-refractivity contribution >= 4 is 11.7 Å². The van der Waals surface area contributed by atoms with Crippen molar-refractivity contribution in [3.63, 3.8) is 0 Å². The number of hydrogen-bond donors (Lipinski definition) is 1. The summed E-state index contributed by atoms with van der Waals surface area (Å²) in [5, 5.41) is 8.89. The van der Waals surface area contributed by atoms with Crippen LogP contribution in [0.3, 0.4) is 0 Å². The minimum Gasteiger partial charge on any atom is -0.435 e. The molecule has 7 nitrogen and oxygen atoms in total. The van der Waals surface area contributed by atoms with Crippen LogP contribution < -0.4 is 10.1 Å². The molecule has 0 aliphatic carbocycles. The molecule has 0 radical (unpaired) electrons. The van der Waals surface area contributed by atoms with E-state index in [1.165, 1.54) is 7.05 Å². The minimum absolute atomic E-state index is 0.0132. The zero-order valence-corrected chi connectivity index (χ0v) is 12.9. The van der Waals surface area contributed by atoms with Gasteiger partial charge in [-0.3, -0.25) is 0 Å². The molecule has 1 N–H and O–H groups in total. The summed E-state index contributed by atoms with van der Waals surface area (Å²) in [5.74, 6) is -0.205. The van der Waals surface area contributed by atoms with Crippen LogP contribution in [-0.2, 0) is 6.18 Å². The lowest BCUT2D eigenvalue weighted by atomic mass is 10.2. The van der Waals surface area contributed by atoms with Crippen molar-refractivity contribution in [3.8, 4) is 11.6 Å². The average molecular weight is 342 g/mol. The topological polar surface area (TPSA) is 85.6 Å². The van der Waals surface area contributed by atoms with Crippen molar-refractivity contribution in [1.29, 1.82) is 0 Å². The van der Waals surface area contributed by atoms with Gasteiger partial charge in [0.1, 0.15) is 0 Å². The molecule has 0 saturated heterocycles. The first-order valence-electron chi connectivity index (χ1n) is 6.69. The summed E-state index contributed by atoms with van der Waals surface area (Å²) in [6.45, 7) is 3.24. The van der Waals surface area contributed by atoms with Gasteiger partial charge in [0, 0.05) is 12.6 Å². The van der Waals surface area contributed by atoms with Gasteiger partial charge in [-0.1, -0.05) is 0 Å². The minimum atomic E-state index is -4.61. The molecular weight excluding hydrogens is 329 g/mol. The number of rotatable bonds is 3. The van der Waals surface area contributed by atoms with Gasteiger partial charge in [0.05, 0.1) is 11.3 Å². The Hall–Kier alpha value is -2.91. The number of amides is 1. The van der Waals surface area contributed by atoms with Gasteiger partial charge in [0.25, 0.3) is 0 Å². The van der Waals surface area contributed by atoms with E-state index in [0.717, 1.165) is 16.8 Å². The predicted octanol–water partition coefficient (Wildman–Crippen LogP) is 3.90. The molecule has 0 fully saturated rings. The van der Waals surface area contributed by atoms with Crippen LogP contribution in [0.4, 0.5) is 23.7 Å². The van der Waals surface area contributed by atoms with E-state index in [1.54, 1.807) is 13.8 Å². The number of carbonyl (C=O) groups is 1. The van der Waals surface area contributed by atoms with Crippen LogP contribution in [0.1, 0.15) is 16.8 Å². The Bertz CT molecular complexity index is 799. The molecule has 0 aliphatic heterocycles. The highest BCUT2D eigenvalue weighted by molar-refractivity contribution is 5.76. The summed E-state index contributed by atoms with van der Waals surface area (Å²) in [6.07, 6.45) is -4.61. The zero-order valence-electron chi connectivity index (χ0n) is 12.9. The monoisotopic (exact) mass is 342 g/mol. The van der Waals surface area contributed by atoms with Crippen LogP contribution in [0.2, 0.25) is 0 Å². The quantitative estimate of drug-likeness (QED) is 0.857. The average Bonchev–Trinajstić information content (AvgIpc) is 2.82. The highest BCUT2D eigenvalue weighted by Crippen LogP contribution is 2.38. The maximum absolute atomic E-state index is 12.7. The molecule has 2 aromatic rings. The smallest absolute Gasteiger partial charge is 0.416 e. The van der Waals surface area contributed by atoms with Gasteiger partial charge in [0.15, 0.2) is 11.4 Å². The van der Waals surface area contributed by atoms with Gasteiger partial charge in [-0.2, -0.15) is 17.9 Å².